The second-order valence-electron chi connectivity index (χ2n) is 4.82. The fourth-order valence-electron chi connectivity index (χ4n) is 2.13. The number of benzene rings is 1. The lowest BCUT2D eigenvalue weighted by Crippen LogP contribution is -2.32. The molecular weight excluding hydrogens is 276 g/mol. The van der Waals surface area contributed by atoms with Crippen LogP contribution in [0.5, 0.6) is 11.5 Å². The predicted molar refractivity (Wildman–Crippen MR) is 80.4 cm³/mol. The van der Waals surface area contributed by atoms with Crippen molar-refractivity contribution in [2.24, 2.45) is 0 Å². The van der Waals surface area contributed by atoms with Crippen molar-refractivity contribution in [3.63, 3.8) is 0 Å². The first-order chi connectivity index (χ1) is 9.96. The molecule has 0 unspecified atom stereocenters. The smallest absolute Gasteiger partial charge is 0.296 e. The minimum atomic E-state index is -0.439. The third-order valence-electron chi connectivity index (χ3n) is 3.17. The molecule has 7 nitrogen and oxygen atoms in total. The maximum absolute atomic E-state index is 11.3. The largest absolute Gasteiger partial charge is 0.493 e. The molecule has 1 aromatic carbocycles. The number of hydrogen-bond acceptors (Lipinski definition) is 6. The van der Waals surface area contributed by atoms with Crippen molar-refractivity contribution >= 4 is 11.4 Å². The quantitative estimate of drug-likeness (QED) is 0.585. The highest BCUT2D eigenvalue weighted by atomic mass is 16.6. The summed E-state index contributed by atoms with van der Waals surface area (Å²) in [7, 11) is 2.92. The fraction of sp³-hybridized carbons (Fsp3) is 0.571. The summed E-state index contributed by atoms with van der Waals surface area (Å²) in [4.78, 5) is 12.8. The lowest BCUT2D eigenvalue weighted by Gasteiger charge is -2.29. The van der Waals surface area contributed by atoms with Crippen LogP contribution in [0.2, 0.25) is 0 Å². The van der Waals surface area contributed by atoms with Crippen LogP contribution in [-0.4, -0.2) is 43.4 Å². The molecule has 0 heterocycles. The Kier molecular flexibility index (Phi) is 6.23. The fourth-order valence-corrected chi connectivity index (χ4v) is 2.13. The number of aliphatic hydroxyl groups excluding tert-OH is 1. The highest BCUT2D eigenvalue weighted by molar-refractivity contribution is 5.70. The topological polar surface area (TPSA) is 85.1 Å². The van der Waals surface area contributed by atoms with Crippen molar-refractivity contribution in [2.45, 2.75) is 26.3 Å². The standard InChI is InChI=1S/C14H22N2O5/c1-10(2)15(6-5-7-17)11-8-13(20-3)14(21-4)9-12(11)16(18)19/h8-10,17H,5-7H2,1-4H3. The first-order valence-corrected chi connectivity index (χ1v) is 6.74. The molecule has 0 fully saturated rings. The summed E-state index contributed by atoms with van der Waals surface area (Å²) in [5, 5.41) is 20.3. The van der Waals surface area contributed by atoms with Gasteiger partial charge in [-0.05, 0) is 20.3 Å². The van der Waals surface area contributed by atoms with Crippen LogP contribution in [-0.2, 0) is 0 Å². The number of ether oxygens (including phenoxy) is 2. The Balaban J connectivity index is 3.38. The first kappa shape index (κ1) is 17.0. The molecule has 0 aliphatic rings. The molecule has 0 atom stereocenters. The molecule has 1 N–H and O–H groups in total. The van der Waals surface area contributed by atoms with E-state index in [4.69, 9.17) is 14.6 Å². The Labute approximate surface area is 124 Å². The highest BCUT2D eigenvalue weighted by Crippen LogP contribution is 2.40. The summed E-state index contributed by atoms with van der Waals surface area (Å²) in [6.07, 6.45) is 0.531. The summed E-state index contributed by atoms with van der Waals surface area (Å²) >= 11 is 0. The van der Waals surface area contributed by atoms with Gasteiger partial charge in [0, 0.05) is 25.3 Å². The molecule has 0 amide bonds. The molecule has 21 heavy (non-hydrogen) atoms. The minimum absolute atomic E-state index is 0.0321. The van der Waals surface area contributed by atoms with Gasteiger partial charge in [0.2, 0.25) is 0 Å². The minimum Gasteiger partial charge on any atom is -0.493 e. The normalized spacial score (nSPS) is 10.6. The molecule has 118 valence electrons. The van der Waals surface area contributed by atoms with Gasteiger partial charge in [-0.15, -0.1) is 0 Å². The Morgan fingerprint density at radius 1 is 1.29 bits per heavy atom. The average molecular weight is 298 g/mol. The van der Waals surface area contributed by atoms with Gasteiger partial charge in [0.15, 0.2) is 11.5 Å². The molecule has 0 saturated carbocycles. The van der Waals surface area contributed by atoms with E-state index in [9.17, 15) is 10.1 Å². The molecule has 0 spiro atoms. The zero-order valence-corrected chi connectivity index (χ0v) is 12.8. The van der Waals surface area contributed by atoms with Crippen LogP contribution in [0.25, 0.3) is 0 Å². The van der Waals surface area contributed by atoms with Gasteiger partial charge in [-0.25, -0.2) is 0 Å². The van der Waals surface area contributed by atoms with E-state index in [0.717, 1.165) is 0 Å². The van der Waals surface area contributed by atoms with E-state index in [1.54, 1.807) is 6.07 Å². The van der Waals surface area contributed by atoms with E-state index in [-0.39, 0.29) is 18.3 Å². The van der Waals surface area contributed by atoms with Crippen molar-refractivity contribution in [1.82, 2.24) is 0 Å². The number of nitro benzene ring substituents is 1. The van der Waals surface area contributed by atoms with Crippen LogP contribution in [0.4, 0.5) is 11.4 Å². The van der Waals surface area contributed by atoms with Crippen LogP contribution in [0, 0.1) is 10.1 Å². The number of aliphatic hydroxyl groups is 1. The summed E-state index contributed by atoms with van der Waals surface area (Å²) in [5.74, 6) is 0.756. The predicted octanol–water partition coefficient (Wildman–Crippen LogP) is 2.21. The Morgan fingerprint density at radius 2 is 1.86 bits per heavy atom. The summed E-state index contributed by atoms with van der Waals surface area (Å²) in [5.41, 5.74) is 0.417. The lowest BCUT2D eigenvalue weighted by atomic mass is 10.1. The molecule has 1 aromatic rings. The van der Waals surface area contributed by atoms with Gasteiger partial charge in [-0.3, -0.25) is 10.1 Å². The van der Waals surface area contributed by atoms with Crippen molar-refractivity contribution in [1.29, 1.82) is 0 Å². The van der Waals surface area contributed by atoms with Crippen LogP contribution < -0.4 is 14.4 Å². The van der Waals surface area contributed by atoms with Crippen LogP contribution in [0.15, 0.2) is 12.1 Å². The van der Waals surface area contributed by atoms with Crippen LogP contribution in [0.3, 0.4) is 0 Å². The van der Waals surface area contributed by atoms with Crippen molar-refractivity contribution < 1.29 is 19.5 Å². The number of anilines is 1. The molecule has 0 aromatic heterocycles. The average Bonchev–Trinajstić information content (AvgIpc) is 2.46. The Bertz CT molecular complexity index is 490. The molecular formula is C14H22N2O5. The van der Waals surface area contributed by atoms with Crippen LogP contribution in [0.1, 0.15) is 20.3 Å². The Morgan fingerprint density at radius 3 is 2.29 bits per heavy atom. The number of hydrogen-bond donors (Lipinski definition) is 1. The van der Waals surface area contributed by atoms with E-state index in [1.165, 1.54) is 20.3 Å². The molecule has 0 bridgehead atoms. The molecule has 0 radical (unpaired) electrons. The van der Waals surface area contributed by atoms with Gasteiger partial charge in [-0.1, -0.05) is 0 Å². The van der Waals surface area contributed by atoms with E-state index in [0.29, 0.717) is 30.2 Å². The van der Waals surface area contributed by atoms with Gasteiger partial charge in [0.25, 0.3) is 5.69 Å². The van der Waals surface area contributed by atoms with Crippen LogP contribution >= 0.6 is 0 Å². The summed E-state index contributed by atoms with van der Waals surface area (Å²) < 4.78 is 10.3. The van der Waals surface area contributed by atoms with E-state index in [1.807, 2.05) is 18.7 Å². The monoisotopic (exact) mass is 298 g/mol. The third kappa shape index (κ3) is 3.98. The number of methoxy groups -OCH3 is 2. The molecule has 0 aliphatic carbocycles. The van der Waals surface area contributed by atoms with Gasteiger partial charge >= 0.3 is 0 Å². The summed E-state index contributed by atoms with van der Waals surface area (Å²) in [6, 6.07) is 3.02. The van der Waals surface area contributed by atoms with E-state index >= 15 is 0 Å². The number of nitrogens with zero attached hydrogens (tertiary/aromatic N) is 2. The van der Waals surface area contributed by atoms with Gasteiger partial charge in [-0.2, -0.15) is 0 Å². The molecule has 0 aliphatic heterocycles. The van der Waals surface area contributed by atoms with Crippen molar-refractivity contribution in [2.75, 3.05) is 32.3 Å². The van der Waals surface area contributed by atoms with Gasteiger partial charge in [0.05, 0.1) is 25.2 Å². The molecule has 1 rings (SSSR count). The zero-order chi connectivity index (χ0) is 16.0. The zero-order valence-electron chi connectivity index (χ0n) is 12.8. The van der Waals surface area contributed by atoms with E-state index < -0.39 is 4.92 Å². The third-order valence-corrected chi connectivity index (χ3v) is 3.17. The first-order valence-electron chi connectivity index (χ1n) is 6.74. The lowest BCUT2D eigenvalue weighted by molar-refractivity contribution is -0.384. The second-order valence-corrected chi connectivity index (χ2v) is 4.82. The molecule has 0 saturated heterocycles. The van der Waals surface area contributed by atoms with Crippen molar-refractivity contribution in [3.8, 4) is 11.5 Å². The highest BCUT2D eigenvalue weighted by Gasteiger charge is 2.25. The SMILES string of the molecule is COc1cc(N(CCCO)C(C)C)c([N+](=O)[O-])cc1OC. The van der Waals surface area contributed by atoms with E-state index in [2.05, 4.69) is 0 Å². The summed E-state index contributed by atoms with van der Waals surface area (Å²) in [6.45, 7) is 4.43. The van der Waals surface area contributed by atoms with Crippen molar-refractivity contribution in [3.05, 3.63) is 22.2 Å². The Hall–Kier alpha value is -2.02. The molecule has 7 heteroatoms. The van der Waals surface area contributed by atoms with Gasteiger partial charge < -0.3 is 19.5 Å². The number of nitro groups is 1. The number of rotatable bonds is 8. The van der Waals surface area contributed by atoms with Gasteiger partial charge in [0.1, 0.15) is 5.69 Å². The maximum Gasteiger partial charge on any atom is 0.296 e. The second kappa shape index (κ2) is 7.68. The maximum atomic E-state index is 11.3.